The molecule has 128 valence electrons. The molecule has 1 aromatic carbocycles. The van der Waals surface area contributed by atoms with Crippen molar-refractivity contribution in [2.24, 2.45) is 4.99 Å². The molecule has 2 heterocycles. The Morgan fingerprint density at radius 1 is 1.08 bits per heavy atom. The first kappa shape index (κ1) is 17.1. The molecule has 0 amide bonds. The van der Waals surface area contributed by atoms with Crippen molar-refractivity contribution in [1.82, 2.24) is 20.6 Å². The van der Waals surface area contributed by atoms with E-state index in [-0.39, 0.29) is 0 Å². The topological polar surface area (TPSA) is 62.2 Å². The number of benzene rings is 1. The van der Waals surface area contributed by atoms with Crippen molar-refractivity contribution in [1.29, 1.82) is 0 Å². The summed E-state index contributed by atoms with van der Waals surface area (Å²) in [6, 6.07) is 16.1. The summed E-state index contributed by atoms with van der Waals surface area (Å²) in [6.07, 6.45) is 1.78. The lowest BCUT2D eigenvalue weighted by Gasteiger charge is -2.09. The Kier molecular flexibility index (Phi) is 6.11. The second-order valence-electron chi connectivity index (χ2n) is 5.36. The van der Waals surface area contributed by atoms with Crippen LogP contribution in [-0.4, -0.2) is 22.5 Å². The predicted molar refractivity (Wildman–Crippen MR) is 103 cm³/mol. The van der Waals surface area contributed by atoms with Crippen LogP contribution in [0.4, 0.5) is 0 Å². The lowest BCUT2D eigenvalue weighted by molar-refractivity contribution is 0.808. The van der Waals surface area contributed by atoms with E-state index < -0.39 is 0 Å². The van der Waals surface area contributed by atoms with Crippen molar-refractivity contribution in [3.8, 4) is 11.3 Å². The van der Waals surface area contributed by atoms with Crippen molar-refractivity contribution >= 4 is 17.3 Å². The normalized spacial score (nSPS) is 11.3. The molecule has 2 N–H and O–H groups in total. The second-order valence-corrected chi connectivity index (χ2v) is 6.30. The zero-order valence-corrected chi connectivity index (χ0v) is 15.0. The van der Waals surface area contributed by atoms with Gasteiger partial charge in [-0.25, -0.2) is 9.98 Å². The maximum absolute atomic E-state index is 4.69. The van der Waals surface area contributed by atoms with Crippen molar-refractivity contribution < 1.29 is 0 Å². The van der Waals surface area contributed by atoms with Crippen molar-refractivity contribution in [2.45, 2.75) is 20.0 Å². The van der Waals surface area contributed by atoms with E-state index in [0.717, 1.165) is 34.5 Å². The van der Waals surface area contributed by atoms with Crippen LogP contribution >= 0.6 is 11.3 Å². The summed E-state index contributed by atoms with van der Waals surface area (Å²) in [4.78, 5) is 13.6. The Morgan fingerprint density at radius 2 is 1.92 bits per heavy atom. The standard InChI is InChI=1S/C19H21N5S/c1-2-20-19(22-12-16-10-6-7-11-21-16)23-13-18-24-17(14-25-18)15-8-4-3-5-9-15/h3-11,14H,2,12-13H2,1H3,(H2,20,22,23). The lowest BCUT2D eigenvalue weighted by atomic mass is 10.2. The van der Waals surface area contributed by atoms with E-state index in [1.54, 1.807) is 17.5 Å². The van der Waals surface area contributed by atoms with Gasteiger partial charge in [0.15, 0.2) is 5.96 Å². The Morgan fingerprint density at radius 3 is 2.68 bits per heavy atom. The summed E-state index contributed by atoms with van der Waals surface area (Å²) in [6.45, 7) is 4.05. The minimum atomic E-state index is 0.545. The van der Waals surface area contributed by atoms with Gasteiger partial charge in [0.05, 0.1) is 24.5 Å². The number of hydrogen-bond donors (Lipinski definition) is 2. The van der Waals surface area contributed by atoms with Gasteiger partial charge < -0.3 is 10.6 Å². The molecule has 3 aromatic rings. The van der Waals surface area contributed by atoms with Crippen LogP contribution in [0.1, 0.15) is 17.6 Å². The fourth-order valence-corrected chi connectivity index (χ4v) is 3.03. The van der Waals surface area contributed by atoms with Gasteiger partial charge in [-0.05, 0) is 19.1 Å². The molecule has 3 rings (SSSR count). The van der Waals surface area contributed by atoms with Crippen LogP contribution < -0.4 is 10.6 Å². The minimum absolute atomic E-state index is 0.545. The molecule has 6 heteroatoms. The van der Waals surface area contributed by atoms with Gasteiger partial charge >= 0.3 is 0 Å². The number of aliphatic imine (C=N–C) groups is 1. The van der Waals surface area contributed by atoms with Gasteiger partial charge in [-0.15, -0.1) is 11.3 Å². The number of pyridine rings is 1. The van der Waals surface area contributed by atoms with Crippen molar-refractivity contribution in [2.75, 3.05) is 6.54 Å². The largest absolute Gasteiger partial charge is 0.357 e. The molecule has 0 aliphatic heterocycles. The summed E-state index contributed by atoms with van der Waals surface area (Å²) in [5.41, 5.74) is 3.10. The van der Waals surface area contributed by atoms with Crippen LogP contribution in [0.15, 0.2) is 65.1 Å². The number of rotatable bonds is 6. The van der Waals surface area contributed by atoms with Crippen molar-refractivity contribution in [3.05, 3.63) is 70.8 Å². The molecule has 0 aliphatic carbocycles. The number of aromatic nitrogens is 2. The number of thiazole rings is 1. The maximum Gasteiger partial charge on any atom is 0.191 e. The third-order valence-corrected chi connectivity index (χ3v) is 4.35. The third kappa shape index (κ3) is 5.12. The third-order valence-electron chi connectivity index (χ3n) is 3.50. The molecule has 0 unspecified atom stereocenters. The Bertz CT molecular complexity index is 799. The van der Waals surface area contributed by atoms with Crippen LogP contribution in [0.3, 0.4) is 0 Å². The molecule has 0 radical (unpaired) electrons. The molecule has 0 bridgehead atoms. The zero-order chi connectivity index (χ0) is 17.3. The molecule has 25 heavy (non-hydrogen) atoms. The van der Waals surface area contributed by atoms with Crippen LogP contribution in [0.25, 0.3) is 11.3 Å². The van der Waals surface area contributed by atoms with Gasteiger partial charge in [0, 0.05) is 23.7 Å². The molecule has 0 saturated carbocycles. The predicted octanol–water partition coefficient (Wildman–Crippen LogP) is 3.46. The first-order chi connectivity index (χ1) is 12.3. The van der Waals surface area contributed by atoms with E-state index in [9.17, 15) is 0 Å². The molecular weight excluding hydrogens is 330 g/mol. The zero-order valence-electron chi connectivity index (χ0n) is 14.1. The van der Waals surface area contributed by atoms with E-state index in [1.807, 2.05) is 36.4 Å². The van der Waals surface area contributed by atoms with Gasteiger partial charge in [0.25, 0.3) is 0 Å². The van der Waals surface area contributed by atoms with E-state index in [4.69, 9.17) is 4.98 Å². The van der Waals surface area contributed by atoms with Gasteiger partial charge in [-0.2, -0.15) is 0 Å². The summed E-state index contributed by atoms with van der Waals surface area (Å²) >= 11 is 1.65. The fourth-order valence-electron chi connectivity index (χ4n) is 2.29. The van der Waals surface area contributed by atoms with Gasteiger partial charge in [0.2, 0.25) is 0 Å². The highest BCUT2D eigenvalue weighted by atomic mass is 32.1. The molecular formula is C19H21N5S. The lowest BCUT2D eigenvalue weighted by Crippen LogP contribution is -2.36. The van der Waals surface area contributed by atoms with Crippen molar-refractivity contribution in [3.63, 3.8) is 0 Å². The first-order valence-corrected chi connectivity index (χ1v) is 9.15. The Labute approximate surface area is 151 Å². The molecule has 2 aromatic heterocycles. The van der Waals surface area contributed by atoms with Crippen LogP contribution in [0.5, 0.6) is 0 Å². The molecule has 0 saturated heterocycles. The van der Waals surface area contributed by atoms with E-state index in [2.05, 4.69) is 45.0 Å². The van der Waals surface area contributed by atoms with E-state index in [1.165, 1.54) is 0 Å². The Balaban J connectivity index is 1.61. The summed E-state index contributed by atoms with van der Waals surface area (Å²) in [7, 11) is 0. The van der Waals surface area contributed by atoms with E-state index >= 15 is 0 Å². The maximum atomic E-state index is 4.69. The fraction of sp³-hybridized carbons (Fsp3) is 0.211. The van der Waals surface area contributed by atoms with Crippen LogP contribution in [-0.2, 0) is 13.1 Å². The summed E-state index contributed by atoms with van der Waals surface area (Å²) in [5, 5.41) is 9.70. The quantitative estimate of drug-likeness (QED) is 0.527. The highest BCUT2D eigenvalue weighted by molar-refractivity contribution is 7.09. The number of guanidine groups is 1. The van der Waals surface area contributed by atoms with Gasteiger partial charge in [0.1, 0.15) is 5.01 Å². The number of nitrogens with one attached hydrogen (secondary N) is 2. The highest BCUT2D eigenvalue weighted by Gasteiger charge is 2.05. The minimum Gasteiger partial charge on any atom is -0.357 e. The van der Waals surface area contributed by atoms with Gasteiger partial charge in [-0.3, -0.25) is 4.98 Å². The summed E-state index contributed by atoms with van der Waals surface area (Å²) < 4.78 is 0. The first-order valence-electron chi connectivity index (χ1n) is 8.27. The van der Waals surface area contributed by atoms with Crippen LogP contribution in [0, 0.1) is 0 Å². The number of nitrogens with zero attached hydrogens (tertiary/aromatic N) is 3. The van der Waals surface area contributed by atoms with Gasteiger partial charge in [-0.1, -0.05) is 36.4 Å². The van der Waals surface area contributed by atoms with E-state index in [0.29, 0.717) is 13.1 Å². The molecule has 0 aliphatic rings. The van der Waals surface area contributed by atoms with Crippen LogP contribution in [0.2, 0.25) is 0 Å². The molecule has 0 fully saturated rings. The Hall–Kier alpha value is -2.73. The monoisotopic (exact) mass is 351 g/mol. The smallest absolute Gasteiger partial charge is 0.191 e. The average Bonchev–Trinajstić information content (AvgIpc) is 3.15. The highest BCUT2D eigenvalue weighted by Crippen LogP contribution is 2.21. The SMILES string of the molecule is CCNC(=NCc1ccccn1)NCc1nc(-c2ccccc2)cs1. The number of hydrogen-bond acceptors (Lipinski definition) is 4. The average molecular weight is 351 g/mol. The summed E-state index contributed by atoms with van der Waals surface area (Å²) in [5.74, 6) is 0.768. The molecule has 0 spiro atoms. The molecule has 5 nitrogen and oxygen atoms in total. The molecule has 0 atom stereocenters. The second kappa shape index (κ2) is 8.94.